The van der Waals surface area contributed by atoms with E-state index in [1.54, 1.807) is 12.1 Å². The molecule has 5 heteroatoms. The van der Waals surface area contributed by atoms with Crippen molar-refractivity contribution in [2.75, 3.05) is 0 Å². The molecule has 0 fully saturated rings. The van der Waals surface area contributed by atoms with Crippen LogP contribution in [0.4, 0.5) is 0 Å². The zero-order chi connectivity index (χ0) is 10.7. The Bertz CT molecular complexity index is 502. The number of ether oxygens (including phenoxy) is 1. The largest absolute Gasteiger partial charge is 0.492 e. The molecule has 1 aromatic heterocycles. The first-order chi connectivity index (χ1) is 7.31. The van der Waals surface area contributed by atoms with Gasteiger partial charge in [0.25, 0.3) is 0 Å². The molecule has 1 heterocycles. The smallest absolute Gasteiger partial charge is 0.245 e. The van der Waals surface area contributed by atoms with Gasteiger partial charge in [-0.3, -0.25) is 0 Å². The lowest BCUT2D eigenvalue weighted by Crippen LogP contribution is -1.82. The molecule has 0 saturated carbocycles. The molecular formula is C10H6N2O2S. The van der Waals surface area contributed by atoms with Crippen LogP contribution in [0, 0.1) is 11.3 Å². The molecule has 2 rings (SSSR count). The molecule has 0 aliphatic carbocycles. The molecular weight excluding hydrogens is 212 g/mol. The zero-order valence-electron chi connectivity index (χ0n) is 7.54. The standard InChI is InChI=1S/C10H6N2O2S/c11-6-8-9(13)12-15-10(8)14-7-4-2-1-3-5-7/h1-5H,(H,12,13). The molecule has 4 nitrogen and oxygen atoms in total. The average Bonchev–Trinajstić information content (AvgIpc) is 2.61. The Hall–Kier alpha value is -2.06. The highest BCUT2D eigenvalue weighted by Crippen LogP contribution is 2.34. The van der Waals surface area contributed by atoms with Crippen molar-refractivity contribution in [3.8, 4) is 22.8 Å². The molecule has 0 bridgehead atoms. The fraction of sp³-hybridized carbons (Fsp3) is 0. The Morgan fingerprint density at radius 2 is 2.07 bits per heavy atom. The fourth-order valence-corrected chi connectivity index (χ4v) is 1.65. The monoisotopic (exact) mass is 218 g/mol. The van der Waals surface area contributed by atoms with Crippen molar-refractivity contribution in [1.82, 2.24) is 4.37 Å². The SMILES string of the molecule is N#Cc1c(O)nsc1Oc1ccccc1. The summed E-state index contributed by atoms with van der Waals surface area (Å²) in [5.74, 6) is 0.325. The molecule has 1 aromatic carbocycles. The van der Waals surface area contributed by atoms with Crippen molar-refractivity contribution in [2.24, 2.45) is 0 Å². The molecule has 0 spiro atoms. The van der Waals surface area contributed by atoms with Crippen LogP contribution in [0.25, 0.3) is 0 Å². The summed E-state index contributed by atoms with van der Waals surface area (Å²) in [6.07, 6.45) is 0. The van der Waals surface area contributed by atoms with E-state index in [1.165, 1.54) is 0 Å². The van der Waals surface area contributed by atoms with Crippen LogP contribution in [0.1, 0.15) is 5.56 Å². The number of para-hydroxylation sites is 1. The average molecular weight is 218 g/mol. The lowest BCUT2D eigenvalue weighted by Gasteiger charge is -2.00. The third kappa shape index (κ3) is 1.90. The maximum atomic E-state index is 9.21. The molecule has 2 aromatic rings. The Balaban J connectivity index is 2.30. The Morgan fingerprint density at radius 1 is 1.33 bits per heavy atom. The van der Waals surface area contributed by atoms with Gasteiger partial charge in [-0.15, -0.1) is 0 Å². The molecule has 1 N–H and O–H groups in total. The van der Waals surface area contributed by atoms with Gasteiger partial charge in [0.2, 0.25) is 10.9 Å². The lowest BCUT2D eigenvalue weighted by molar-refractivity contribution is 0.451. The molecule has 74 valence electrons. The molecule has 0 saturated heterocycles. The van der Waals surface area contributed by atoms with Gasteiger partial charge < -0.3 is 9.84 Å². The van der Waals surface area contributed by atoms with E-state index in [-0.39, 0.29) is 11.4 Å². The second-order valence-electron chi connectivity index (χ2n) is 2.70. The van der Waals surface area contributed by atoms with E-state index >= 15 is 0 Å². The van der Waals surface area contributed by atoms with Crippen LogP contribution in [0.3, 0.4) is 0 Å². The second kappa shape index (κ2) is 3.98. The van der Waals surface area contributed by atoms with Crippen molar-refractivity contribution in [2.45, 2.75) is 0 Å². The zero-order valence-corrected chi connectivity index (χ0v) is 8.36. The van der Waals surface area contributed by atoms with Crippen molar-refractivity contribution < 1.29 is 9.84 Å². The maximum Gasteiger partial charge on any atom is 0.245 e. The highest BCUT2D eigenvalue weighted by molar-refractivity contribution is 7.08. The van der Waals surface area contributed by atoms with Crippen molar-refractivity contribution >= 4 is 11.5 Å². The molecule has 0 radical (unpaired) electrons. The van der Waals surface area contributed by atoms with Crippen LogP contribution in [0.15, 0.2) is 30.3 Å². The molecule has 15 heavy (non-hydrogen) atoms. The first-order valence-electron chi connectivity index (χ1n) is 4.13. The number of hydrogen-bond donors (Lipinski definition) is 1. The van der Waals surface area contributed by atoms with Crippen LogP contribution in [0.5, 0.6) is 16.7 Å². The Labute approximate surface area is 90.2 Å². The summed E-state index contributed by atoms with van der Waals surface area (Å²) in [4.78, 5) is 0. The number of nitriles is 1. The summed E-state index contributed by atoms with van der Waals surface area (Å²) in [5.41, 5.74) is 0.0730. The summed E-state index contributed by atoms with van der Waals surface area (Å²) in [6, 6.07) is 10.9. The van der Waals surface area contributed by atoms with Gasteiger partial charge in [0.05, 0.1) is 0 Å². The third-order valence-corrected chi connectivity index (χ3v) is 2.43. The van der Waals surface area contributed by atoms with E-state index in [4.69, 9.17) is 10.00 Å². The number of rotatable bonds is 2. The summed E-state index contributed by atoms with van der Waals surface area (Å²) in [6.45, 7) is 0. The normalized spacial score (nSPS) is 9.53. The van der Waals surface area contributed by atoms with Crippen LogP contribution in [0.2, 0.25) is 0 Å². The second-order valence-corrected chi connectivity index (χ2v) is 3.43. The van der Waals surface area contributed by atoms with Gasteiger partial charge in [-0.1, -0.05) is 18.2 Å². The van der Waals surface area contributed by atoms with E-state index in [0.717, 1.165) is 11.5 Å². The topological polar surface area (TPSA) is 66.1 Å². The summed E-state index contributed by atoms with van der Waals surface area (Å²) in [7, 11) is 0. The minimum absolute atomic E-state index is 0.0730. The first kappa shape index (κ1) is 9.49. The maximum absolute atomic E-state index is 9.21. The van der Waals surface area contributed by atoms with E-state index < -0.39 is 0 Å². The number of aromatic hydroxyl groups is 1. The van der Waals surface area contributed by atoms with Gasteiger partial charge in [0.1, 0.15) is 11.8 Å². The van der Waals surface area contributed by atoms with Crippen LogP contribution >= 0.6 is 11.5 Å². The van der Waals surface area contributed by atoms with Gasteiger partial charge in [-0.25, -0.2) is 0 Å². The van der Waals surface area contributed by atoms with Gasteiger partial charge in [-0.05, 0) is 12.1 Å². The molecule has 0 unspecified atom stereocenters. The summed E-state index contributed by atoms with van der Waals surface area (Å²) < 4.78 is 9.03. The summed E-state index contributed by atoms with van der Waals surface area (Å²) >= 11 is 0.951. The van der Waals surface area contributed by atoms with Crippen molar-refractivity contribution in [3.05, 3.63) is 35.9 Å². The Kier molecular flexibility index (Phi) is 2.52. The Morgan fingerprint density at radius 3 is 2.73 bits per heavy atom. The van der Waals surface area contributed by atoms with E-state index in [9.17, 15) is 5.11 Å². The van der Waals surface area contributed by atoms with Gasteiger partial charge in [0, 0.05) is 11.5 Å². The predicted octanol–water partition coefficient (Wildman–Crippen LogP) is 2.51. The predicted molar refractivity (Wildman–Crippen MR) is 55.0 cm³/mol. The molecule has 0 atom stereocenters. The quantitative estimate of drug-likeness (QED) is 0.841. The van der Waals surface area contributed by atoms with Crippen LogP contribution in [-0.4, -0.2) is 9.48 Å². The third-order valence-electron chi connectivity index (χ3n) is 1.71. The van der Waals surface area contributed by atoms with E-state index in [0.29, 0.717) is 10.8 Å². The van der Waals surface area contributed by atoms with Crippen LogP contribution < -0.4 is 4.74 Å². The van der Waals surface area contributed by atoms with E-state index in [2.05, 4.69) is 4.37 Å². The summed E-state index contributed by atoms with van der Waals surface area (Å²) in [5, 5.41) is 18.3. The molecule has 0 aliphatic heterocycles. The molecule has 0 aliphatic rings. The van der Waals surface area contributed by atoms with Crippen LogP contribution in [-0.2, 0) is 0 Å². The number of benzene rings is 1. The first-order valence-corrected chi connectivity index (χ1v) is 4.90. The van der Waals surface area contributed by atoms with Gasteiger partial charge in [0.15, 0.2) is 5.56 Å². The highest BCUT2D eigenvalue weighted by atomic mass is 32.1. The molecule has 0 amide bonds. The number of hydrogen-bond acceptors (Lipinski definition) is 5. The number of nitrogens with zero attached hydrogens (tertiary/aromatic N) is 2. The van der Waals surface area contributed by atoms with Gasteiger partial charge >= 0.3 is 0 Å². The highest BCUT2D eigenvalue weighted by Gasteiger charge is 2.14. The van der Waals surface area contributed by atoms with Gasteiger partial charge in [-0.2, -0.15) is 9.64 Å². The number of aromatic nitrogens is 1. The fourth-order valence-electron chi connectivity index (χ4n) is 1.03. The van der Waals surface area contributed by atoms with Crippen molar-refractivity contribution in [3.63, 3.8) is 0 Å². The van der Waals surface area contributed by atoms with E-state index in [1.807, 2.05) is 24.3 Å². The minimum Gasteiger partial charge on any atom is -0.492 e. The van der Waals surface area contributed by atoms with Crippen molar-refractivity contribution in [1.29, 1.82) is 5.26 Å². The minimum atomic E-state index is -0.284. The lowest BCUT2D eigenvalue weighted by atomic mass is 10.3.